The molecule has 0 spiro atoms. The summed E-state index contributed by atoms with van der Waals surface area (Å²) in [6.45, 7) is 0. The molecule has 2 heterocycles. The SMILES string of the molecule is FC(F)(F)c1nc(Cl)c2c3c(sc2n1)CCCC3. The highest BCUT2D eigenvalue weighted by molar-refractivity contribution is 7.19. The van der Waals surface area contributed by atoms with Crippen LogP contribution in [-0.2, 0) is 19.0 Å². The first-order valence-corrected chi connectivity index (χ1v) is 6.71. The molecular formula is C11H8ClF3N2S. The number of halogens is 4. The molecule has 0 aromatic carbocycles. The van der Waals surface area contributed by atoms with Crippen LogP contribution < -0.4 is 0 Å². The van der Waals surface area contributed by atoms with E-state index in [0.29, 0.717) is 10.2 Å². The summed E-state index contributed by atoms with van der Waals surface area (Å²) in [5.41, 5.74) is 1.04. The molecule has 1 aliphatic carbocycles. The van der Waals surface area contributed by atoms with Crippen molar-refractivity contribution in [3.63, 3.8) is 0 Å². The van der Waals surface area contributed by atoms with E-state index in [4.69, 9.17) is 11.6 Å². The zero-order chi connectivity index (χ0) is 12.9. The molecule has 0 unspecified atom stereocenters. The molecule has 0 radical (unpaired) electrons. The predicted octanol–water partition coefficient (Wildman–Crippen LogP) is 4.24. The highest BCUT2D eigenvalue weighted by Crippen LogP contribution is 2.40. The van der Waals surface area contributed by atoms with Gasteiger partial charge in [-0.25, -0.2) is 9.97 Å². The molecule has 0 saturated heterocycles. The van der Waals surface area contributed by atoms with Gasteiger partial charge in [-0.15, -0.1) is 11.3 Å². The Morgan fingerprint density at radius 3 is 2.56 bits per heavy atom. The maximum Gasteiger partial charge on any atom is 0.451 e. The van der Waals surface area contributed by atoms with Gasteiger partial charge in [0.05, 0.1) is 5.39 Å². The number of aromatic nitrogens is 2. The van der Waals surface area contributed by atoms with E-state index in [1.807, 2.05) is 0 Å². The fourth-order valence-corrected chi connectivity index (χ4v) is 3.84. The maximum atomic E-state index is 12.6. The van der Waals surface area contributed by atoms with Gasteiger partial charge in [0.1, 0.15) is 9.98 Å². The van der Waals surface area contributed by atoms with E-state index in [1.54, 1.807) is 0 Å². The first-order chi connectivity index (χ1) is 8.47. The fraction of sp³-hybridized carbons (Fsp3) is 0.455. The summed E-state index contributed by atoms with van der Waals surface area (Å²) in [5, 5.41) is 0.538. The van der Waals surface area contributed by atoms with Crippen LogP contribution in [-0.4, -0.2) is 9.97 Å². The average Bonchev–Trinajstić information content (AvgIpc) is 2.66. The number of fused-ring (bicyclic) bond motifs is 3. The molecule has 0 N–H and O–H groups in total. The van der Waals surface area contributed by atoms with Crippen LogP contribution in [0.15, 0.2) is 0 Å². The third-order valence-electron chi connectivity index (χ3n) is 3.02. The average molecular weight is 293 g/mol. The van der Waals surface area contributed by atoms with Crippen molar-refractivity contribution in [3.8, 4) is 0 Å². The van der Waals surface area contributed by atoms with Crippen molar-refractivity contribution in [1.29, 1.82) is 0 Å². The Kier molecular flexibility index (Phi) is 2.75. The van der Waals surface area contributed by atoms with Gasteiger partial charge in [-0.2, -0.15) is 13.2 Å². The van der Waals surface area contributed by atoms with Crippen molar-refractivity contribution in [2.75, 3.05) is 0 Å². The number of nitrogens with zero attached hydrogens (tertiary/aromatic N) is 2. The smallest absolute Gasteiger partial charge is 0.213 e. The second-order valence-electron chi connectivity index (χ2n) is 4.23. The van der Waals surface area contributed by atoms with Gasteiger partial charge in [-0.1, -0.05) is 11.6 Å². The lowest BCUT2D eigenvalue weighted by Crippen LogP contribution is -2.11. The van der Waals surface area contributed by atoms with Crippen molar-refractivity contribution in [1.82, 2.24) is 9.97 Å². The van der Waals surface area contributed by atoms with Crippen molar-refractivity contribution >= 4 is 33.2 Å². The summed E-state index contributed by atoms with van der Waals surface area (Å²) in [7, 11) is 0. The van der Waals surface area contributed by atoms with Crippen LogP contribution in [0.2, 0.25) is 5.15 Å². The molecule has 0 bridgehead atoms. The van der Waals surface area contributed by atoms with E-state index >= 15 is 0 Å². The first-order valence-electron chi connectivity index (χ1n) is 5.52. The van der Waals surface area contributed by atoms with Crippen LogP contribution in [0, 0.1) is 0 Å². The molecule has 7 heteroatoms. The number of hydrogen-bond acceptors (Lipinski definition) is 3. The van der Waals surface area contributed by atoms with Gasteiger partial charge >= 0.3 is 6.18 Å². The molecule has 1 aliphatic rings. The van der Waals surface area contributed by atoms with E-state index < -0.39 is 12.0 Å². The second kappa shape index (κ2) is 4.06. The van der Waals surface area contributed by atoms with Crippen LogP contribution in [0.1, 0.15) is 29.1 Å². The molecule has 18 heavy (non-hydrogen) atoms. The Labute approximate surface area is 110 Å². The van der Waals surface area contributed by atoms with Crippen LogP contribution in [0.25, 0.3) is 10.2 Å². The van der Waals surface area contributed by atoms with Crippen molar-refractivity contribution in [2.45, 2.75) is 31.9 Å². The molecule has 0 atom stereocenters. The lowest BCUT2D eigenvalue weighted by Gasteiger charge is -2.10. The standard InChI is InChI=1S/C11H8ClF3N2S/c12-8-7-5-3-1-2-4-6(5)18-9(7)17-10(16-8)11(13,14)15/h1-4H2. The normalized spacial score (nSPS) is 16.0. The molecule has 96 valence electrons. The molecule has 0 amide bonds. The van der Waals surface area contributed by atoms with E-state index in [0.717, 1.165) is 36.1 Å². The summed E-state index contributed by atoms with van der Waals surface area (Å²) >= 11 is 7.21. The van der Waals surface area contributed by atoms with E-state index in [2.05, 4.69) is 9.97 Å². The molecule has 0 fully saturated rings. The highest BCUT2D eigenvalue weighted by atomic mass is 35.5. The van der Waals surface area contributed by atoms with Gasteiger partial charge in [0.25, 0.3) is 0 Å². The Hall–Kier alpha value is -0.880. The molecule has 2 nitrogen and oxygen atoms in total. The van der Waals surface area contributed by atoms with E-state index in [9.17, 15) is 13.2 Å². The minimum atomic E-state index is -4.55. The van der Waals surface area contributed by atoms with Gasteiger partial charge in [-0.3, -0.25) is 0 Å². The summed E-state index contributed by atoms with van der Waals surface area (Å²) in [4.78, 5) is 8.46. The summed E-state index contributed by atoms with van der Waals surface area (Å²) in [6.07, 6.45) is -0.701. The van der Waals surface area contributed by atoms with E-state index in [1.165, 1.54) is 11.3 Å². The molecule has 0 saturated carbocycles. The van der Waals surface area contributed by atoms with Gasteiger partial charge in [-0.05, 0) is 31.2 Å². The van der Waals surface area contributed by atoms with Gasteiger partial charge in [0, 0.05) is 4.88 Å². The van der Waals surface area contributed by atoms with E-state index in [-0.39, 0.29) is 5.15 Å². The third-order valence-corrected chi connectivity index (χ3v) is 4.48. The molecule has 2 aromatic heterocycles. The van der Waals surface area contributed by atoms with Gasteiger partial charge < -0.3 is 0 Å². The summed E-state index contributed by atoms with van der Waals surface area (Å²) in [6, 6.07) is 0. The lowest BCUT2D eigenvalue weighted by molar-refractivity contribution is -0.144. The number of thiophene rings is 1. The highest BCUT2D eigenvalue weighted by Gasteiger charge is 2.36. The van der Waals surface area contributed by atoms with Gasteiger partial charge in [0.15, 0.2) is 0 Å². The number of rotatable bonds is 0. The zero-order valence-electron chi connectivity index (χ0n) is 9.14. The number of aryl methyl sites for hydroxylation is 2. The third kappa shape index (κ3) is 1.87. The molecule has 2 aromatic rings. The second-order valence-corrected chi connectivity index (χ2v) is 5.67. The van der Waals surface area contributed by atoms with Crippen molar-refractivity contribution in [3.05, 3.63) is 21.4 Å². The van der Waals surface area contributed by atoms with Crippen molar-refractivity contribution in [2.24, 2.45) is 0 Å². The van der Waals surface area contributed by atoms with Gasteiger partial charge in [0.2, 0.25) is 5.82 Å². The Balaban J connectivity index is 2.27. The zero-order valence-corrected chi connectivity index (χ0v) is 10.7. The maximum absolute atomic E-state index is 12.6. The predicted molar refractivity (Wildman–Crippen MR) is 64.1 cm³/mol. The van der Waals surface area contributed by atoms with Crippen LogP contribution in [0.4, 0.5) is 13.2 Å². The van der Waals surface area contributed by atoms with Crippen molar-refractivity contribution < 1.29 is 13.2 Å². The monoisotopic (exact) mass is 292 g/mol. The summed E-state index contributed by atoms with van der Waals surface area (Å²) < 4.78 is 37.8. The Bertz CT molecular complexity index is 621. The first kappa shape index (κ1) is 12.2. The van der Waals surface area contributed by atoms with Crippen LogP contribution in [0.5, 0.6) is 0 Å². The minimum absolute atomic E-state index is 0.0771. The van der Waals surface area contributed by atoms with Crippen LogP contribution in [0.3, 0.4) is 0 Å². The molecular weight excluding hydrogens is 285 g/mol. The number of alkyl halides is 3. The molecule has 0 aliphatic heterocycles. The Morgan fingerprint density at radius 2 is 1.83 bits per heavy atom. The largest absolute Gasteiger partial charge is 0.451 e. The fourth-order valence-electron chi connectivity index (χ4n) is 2.24. The lowest BCUT2D eigenvalue weighted by atomic mass is 9.97. The number of hydrogen-bond donors (Lipinski definition) is 0. The summed E-state index contributed by atoms with van der Waals surface area (Å²) in [5.74, 6) is -1.15. The topological polar surface area (TPSA) is 25.8 Å². The quantitative estimate of drug-likeness (QED) is 0.679. The minimum Gasteiger partial charge on any atom is -0.213 e. The Morgan fingerprint density at radius 1 is 1.11 bits per heavy atom. The van der Waals surface area contributed by atoms with Crippen LogP contribution >= 0.6 is 22.9 Å². The molecule has 3 rings (SSSR count).